The molecule has 0 spiro atoms. The quantitative estimate of drug-likeness (QED) is 0.707. The molecule has 132 valence electrons. The van der Waals surface area contributed by atoms with E-state index in [0.717, 1.165) is 17.5 Å². The topological polar surface area (TPSA) is 95.5 Å². The van der Waals surface area contributed by atoms with Crippen molar-refractivity contribution >= 4 is 34.8 Å². The fraction of sp³-hybridized carbons (Fsp3) is 0.278. The molecule has 1 aromatic carbocycles. The predicted molar refractivity (Wildman–Crippen MR) is 97.2 cm³/mol. The van der Waals surface area contributed by atoms with E-state index < -0.39 is 12.5 Å². The second-order valence-corrected chi connectivity index (χ2v) is 6.71. The van der Waals surface area contributed by atoms with Gasteiger partial charge in [0.2, 0.25) is 5.91 Å². The third-order valence-corrected chi connectivity index (χ3v) is 4.96. The Hall–Kier alpha value is -2.67. The first-order valence-electron chi connectivity index (χ1n) is 7.87. The summed E-state index contributed by atoms with van der Waals surface area (Å²) in [6.07, 6.45) is 0.994. The van der Waals surface area contributed by atoms with Crippen molar-refractivity contribution in [2.24, 2.45) is 0 Å². The van der Waals surface area contributed by atoms with Gasteiger partial charge in [-0.1, -0.05) is 19.1 Å². The summed E-state index contributed by atoms with van der Waals surface area (Å²) in [5.74, 6) is -1.60. The highest BCUT2D eigenvalue weighted by Crippen LogP contribution is 2.23. The largest absolute Gasteiger partial charge is 0.480 e. The zero-order chi connectivity index (χ0) is 18.4. The van der Waals surface area contributed by atoms with Gasteiger partial charge in [-0.2, -0.15) is 0 Å². The predicted octanol–water partition coefficient (Wildman–Crippen LogP) is 2.61. The molecule has 2 amide bonds. The highest BCUT2D eigenvalue weighted by molar-refractivity contribution is 7.14. The molecule has 0 aliphatic rings. The van der Waals surface area contributed by atoms with Crippen LogP contribution in [0.1, 0.15) is 32.6 Å². The van der Waals surface area contributed by atoms with E-state index in [-0.39, 0.29) is 18.2 Å². The summed E-state index contributed by atoms with van der Waals surface area (Å²) in [5, 5.41) is 13.7. The molecule has 0 radical (unpaired) electrons. The molecule has 0 saturated carbocycles. The van der Waals surface area contributed by atoms with Crippen LogP contribution in [0.2, 0.25) is 0 Å². The van der Waals surface area contributed by atoms with Crippen LogP contribution in [0.25, 0.3) is 0 Å². The lowest BCUT2D eigenvalue weighted by atomic mass is 10.1. The standard InChI is InChI=1S/C18H20N2O4S/c1-3-14-11(2)8-15(25-14)18(24)20-13-6-4-12(5-7-13)9-16(21)19-10-17(22)23/h4-8H,3,9-10H2,1-2H3,(H,19,21)(H,20,24)(H,22,23). The molecule has 0 fully saturated rings. The summed E-state index contributed by atoms with van der Waals surface area (Å²) >= 11 is 1.49. The third-order valence-electron chi connectivity index (χ3n) is 3.58. The maximum absolute atomic E-state index is 12.3. The molecule has 0 bridgehead atoms. The number of carboxylic acids is 1. The number of hydrogen-bond acceptors (Lipinski definition) is 4. The van der Waals surface area contributed by atoms with Crippen LogP contribution < -0.4 is 10.6 Å². The molecular formula is C18H20N2O4S. The van der Waals surface area contributed by atoms with E-state index in [1.807, 2.05) is 13.0 Å². The Balaban J connectivity index is 1.94. The van der Waals surface area contributed by atoms with Crippen molar-refractivity contribution in [2.75, 3.05) is 11.9 Å². The summed E-state index contributed by atoms with van der Waals surface area (Å²) in [4.78, 5) is 36.2. The van der Waals surface area contributed by atoms with Crippen molar-refractivity contribution in [1.29, 1.82) is 0 Å². The van der Waals surface area contributed by atoms with Crippen LogP contribution in [-0.4, -0.2) is 29.4 Å². The lowest BCUT2D eigenvalue weighted by molar-refractivity contribution is -0.137. The summed E-state index contributed by atoms with van der Waals surface area (Å²) in [7, 11) is 0. The molecule has 0 atom stereocenters. The maximum Gasteiger partial charge on any atom is 0.322 e. The van der Waals surface area contributed by atoms with E-state index in [4.69, 9.17) is 5.11 Å². The van der Waals surface area contributed by atoms with Gasteiger partial charge in [-0.15, -0.1) is 11.3 Å². The van der Waals surface area contributed by atoms with Gasteiger partial charge in [0.1, 0.15) is 6.54 Å². The van der Waals surface area contributed by atoms with Gasteiger partial charge in [-0.25, -0.2) is 0 Å². The van der Waals surface area contributed by atoms with Crippen LogP contribution in [0.5, 0.6) is 0 Å². The van der Waals surface area contributed by atoms with Gasteiger partial charge in [0.05, 0.1) is 11.3 Å². The number of rotatable bonds is 7. The molecule has 0 saturated heterocycles. The van der Waals surface area contributed by atoms with Crippen LogP contribution in [-0.2, 0) is 22.4 Å². The summed E-state index contributed by atoms with van der Waals surface area (Å²) in [5.41, 5.74) is 2.50. The molecule has 1 aromatic heterocycles. The second-order valence-electron chi connectivity index (χ2n) is 5.57. The highest BCUT2D eigenvalue weighted by Gasteiger charge is 2.12. The minimum atomic E-state index is -1.08. The normalized spacial score (nSPS) is 10.3. The van der Waals surface area contributed by atoms with Crippen molar-refractivity contribution in [3.8, 4) is 0 Å². The molecule has 7 heteroatoms. The molecule has 0 aliphatic heterocycles. The summed E-state index contributed by atoms with van der Waals surface area (Å²) < 4.78 is 0. The summed E-state index contributed by atoms with van der Waals surface area (Å²) in [6, 6.07) is 8.79. The first kappa shape index (κ1) is 18.7. The number of thiophene rings is 1. The first-order chi connectivity index (χ1) is 11.9. The minimum absolute atomic E-state index is 0.0888. The van der Waals surface area contributed by atoms with Crippen LogP contribution in [0.3, 0.4) is 0 Å². The SMILES string of the molecule is CCc1sc(C(=O)Nc2ccc(CC(=O)NCC(=O)O)cc2)cc1C. The Bertz CT molecular complexity index is 781. The van der Waals surface area contributed by atoms with Crippen LogP contribution >= 0.6 is 11.3 Å². The van der Waals surface area contributed by atoms with E-state index >= 15 is 0 Å². The second kappa shape index (κ2) is 8.43. The Morgan fingerprint density at radius 2 is 1.84 bits per heavy atom. The van der Waals surface area contributed by atoms with Gasteiger partial charge >= 0.3 is 5.97 Å². The van der Waals surface area contributed by atoms with Crippen LogP contribution in [0.15, 0.2) is 30.3 Å². The van der Waals surface area contributed by atoms with E-state index in [0.29, 0.717) is 10.6 Å². The van der Waals surface area contributed by atoms with E-state index in [9.17, 15) is 14.4 Å². The maximum atomic E-state index is 12.3. The van der Waals surface area contributed by atoms with Gasteiger partial charge < -0.3 is 15.7 Å². The number of anilines is 1. The van der Waals surface area contributed by atoms with Gasteiger partial charge in [0.25, 0.3) is 5.91 Å². The fourth-order valence-corrected chi connectivity index (χ4v) is 3.31. The fourth-order valence-electron chi connectivity index (χ4n) is 2.30. The number of aliphatic carboxylic acids is 1. The number of nitrogens with one attached hydrogen (secondary N) is 2. The van der Waals surface area contributed by atoms with E-state index in [2.05, 4.69) is 17.6 Å². The lowest BCUT2D eigenvalue weighted by Gasteiger charge is -2.06. The smallest absolute Gasteiger partial charge is 0.322 e. The van der Waals surface area contributed by atoms with E-state index in [1.54, 1.807) is 24.3 Å². The number of carbonyl (C=O) groups is 3. The molecule has 0 unspecified atom stereocenters. The number of aryl methyl sites for hydroxylation is 2. The number of hydrogen-bond donors (Lipinski definition) is 3. The van der Waals surface area contributed by atoms with Crippen LogP contribution in [0, 0.1) is 6.92 Å². The Morgan fingerprint density at radius 1 is 1.16 bits per heavy atom. The Kier molecular flexibility index (Phi) is 6.30. The highest BCUT2D eigenvalue weighted by atomic mass is 32.1. The van der Waals surface area contributed by atoms with E-state index in [1.165, 1.54) is 16.2 Å². The average molecular weight is 360 g/mol. The molecule has 3 N–H and O–H groups in total. The number of carbonyl (C=O) groups excluding carboxylic acids is 2. The zero-order valence-corrected chi connectivity index (χ0v) is 14.9. The average Bonchev–Trinajstić information content (AvgIpc) is 2.96. The molecule has 25 heavy (non-hydrogen) atoms. The van der Waals surface area contributed by atoms with Gasteiger partial charge in [-0.3, -0.25) is 14.4 Å². The van der Waals surface area contributed by atoms with Crippen molar-refractivity contribution in [2.45, 2.75) is 26.7 Å². The molecule has 2 aromatic rings. The first-order valence-corrected chi connectivity index (χ1v) is 8.68. The molecule has 6 nitrogen and oxygen atoms in total. The monoisotopic (exact) mass is 360 g/mol. The Morgan fingerprint density at radius 3 is 2.40 bits per heavy atom. The molecular weight excluding hydrogens is 340 g/mol. The number of carboxylic acid groups (broad SMARTS) is 1. The van der Waals surface area contributed by atoms with Gasteiger partial charge in [0.15, 0.2) is 0 Å². The van der Waals surface area contributed by atoms with Crippen molar-refractivity contribution in [1.82, 2.24) is 5.32 Å². The van der Waals surface area contributed by atoms with Gasteiger partial charge in [-0.05, 0) is 42.7 Å². The third kappa shape index (κ3) is 5.42. The zero-order valence-electron chi connectivity index (χ0n) is 14.1. The van der Waals surface area contributed by atoms with Crippen LogP contribution in [0.4, 0.5) is 5.69 Å². The van der Waals surface area contributed by atoms with Gasteiger partial charge in [0, 0.05) is 10.6 Å². The number of amides is 2. The minimum Gasteiger partial charge on any atom is -0.480 e. The molecule has 1 heterocycles. The van der Waals surface area contributed by atoms with Crippen molar-refractivity contribution in [3.05, 3.63) is 51.2 Å². The molecule has 2 rings (SSSR count). The van der Waals surface area contributed by atoms with Crippen molar-refractivity contribution < 1.29 is 19.5 Å². The van der Waals surface area contributed by atoms with Crippen molar-refractivity contribution in [3.63, 3.8) is 0 Å². The Labute approximate surface area is 149 Å². The lowest BCUT2D eigenvalue weighted by Crippen LogP contribution is -2.30. The number of benzene rings is 1. The summed E-state index contributed by atoms with van der Waals surface area (Å²) in [6.45, 7) is 3.66. The molecule has 0 aliphatic carbocycles.